The van der Waals surface area contributed by atoms with E-state index in [0.29, 0.717) is 11.1 Å². The van der Waals surface area contributed by atoms with Crippen LogP contribution in [0.15, 0.2) is 102 Å². The number of sulfone groups is 3. The predicted octanol–water partition coefficient (Wildman–Crippen LogP) is 9.57. The third kappa shape index (κ3) is 10.6. The van der Waals surface area contributed by atoms with Gasteiger partial charge >= 0.3 is 0 Å². The van der Waals surface area contributed by atoms with Crippen molar-refractivity contribution < 1.29 is 82.6 Å². The molecule has 0 radical (unpaired) electrons. The fourth-order valence-electron chi connectivity index (χ4n) is 7.30. The van der Waals surface area contributed by atoms with Gasteiger partial charge in [-0.25, -0.2) is 34.0 Å². The van der Waals surface area contributed by atoms with Gasteiger partial charge in [0, 0.05) is 17.4 Å². The van der Waals surface area contributed by atoms with Gasteiger partial charge in [-0.15, -0.1) is 0 Å². The molecule has 374 valence electrons. The van der Waals surface area contributed by atoms with E-state index < -0.39 is 110 Å². The summed E-state index contributed by atoms with van der Waals surface area (Å²) >= 11 is 0. The number of hydrogen-bond acceptors (Lipinski definition) is 14. The first-order valence-electron chi connectivity index (χ1n) is 20.1. The highest BCUT2D eigenvalue weighted by Crippen LogP contribution is 2.41. The van der Waals surface area contributed by atoms with Gasteiger partial charge < -0.3 is 14.2 Å². The largest absolute Gasteiger partial charge is 0.456 e. The van der Waals surface area contributed by atoms with Crippen molar-refractivity contribution in [2.75, 3.05) is 13.4 Å². The Bertz CT molecular complexity index is 3670. The molecule has 0 aliphatic rings. The first-order valence-corrected chi connectivity index (χ1v) is 28.0. The van der Waals surface area contributed by atoms with Crippen molar-refractivity contribution in [1.82, 2.24) is 0 Å². The molecule has 70 heavy (non-hydrogen) atoms. The molecule has 0 heterocycles. The van der Waals surface area contributed by atoms with Crippen molar-refractivity contribution in [3.05, 3.63) is 141 Å². The summed E-state index contributed by atoms with van der Waals surface area (Å²) in [5.74, 6) is -10.4. The predicted molar refractivity (Wildman–Crippen MR) is 245 cm³/mol. The molecule has 0 saturated heterocycles. The van der Waals surface area contributed by atoms with Crippen LogP contribution in [0.4, 0.5) is 17.6 Å². The number of ether oxygens (including phenoxy) is 3. The van der Waals surface area contributed by atoms with Crippen LogP contribution >= 0.6 is 0 Å². The second-order valence-corrected chi connectivity index (χ2v) is 25.2. The summed E-state index contributed by atoms with van der Waals surface area (Å²) in [5.41, 5.74) is -0.303. The van der Waals surface area contributed by atoms with E-state index in [4.69, 9.17) is 14.2 Å². The summed E-state index contributed by atoms with van der Waals surface area (Å²) < 4.78 is 221. The maximum absolute atomic E-state index is 14.7. The second-order valence-electron chi connectivity index (χ2n) is 16.2. The van der Waals surface area contributed by atoms with Gasteiger partial charge in [-0.1, -0.05) is 0 Å². The topological polar surface area (TPSA) is 228 Å². The van der Waals surface area contributed by atoms with E-state index in [-0.39, 0.29) is 65.7 Å². The van der Waals surface area contributed by atoms with Crippen LogP contribution in [-0.2, 0) is 59.7 Å². The molecule has 0 atom stereocenters. The summed E-state index contributed by atoms with van der Waals surface area (Å²) in [6, 6.07) is 13.0. The smallest absolute Gasteiger partial charge is 0.300 e. The lowest BCUT2D eigenvalue weighted by molar-refractivity contribution is 0.360. The molecule has 0 aliphatic heterocycles. The van der Waals surface area contributed by atoms with E-state index in [0.717, 1.165) is 68.8 Å². The molecular weight excluding hydrogens is 1030 g/mol. The quantitative estimate of drug-likeness (QED) is 0.0437. The SMILES string of the molecule is COS(=O)(=O)c1cc(S(=O)(=O)c2ccc(Oc3c(C)cc(S(=O)(=O)c4cc(C)c(Oc5c(F)c(F)c(C)c(F)c5F)c(C)c4)cc3C)c(CS(=O)(=O)O)c2)ccc1Oc1c(C)cc(S(C)(=O)=O)cc1C. The van der Waals surface area contributed by atoms with Crippen LogP contribution in [-0.4, -0.2) is 60.0 Å². The molecule has 0 fully saturated rings. The fourth-order valence-corrected chi connectivity index (χ4v) is 12.5. The Labute approximate surface area is 402 Å². The maximum Gasteiger partial charge on any atom is 0.300 e. The van der Waals surface area contributed by atoms with Gasteiger partial charge in [-0.2, -0.15) is 25.6 Å². The van der Waals surface area contributed by atoms with E-state index >= 15 is 0 Å². The molecule has 15 nitrogen and oxygen atoms in total. The summed E-state index contributed by atoms with van der Waals surface area (Å²) in [7, 11) is -21.5. The zero-order valence-electron chi connectivity index (χ0n) is 38.4. The van der Waals surface area contributed by atoms with Crippen LogP contribution in [0, 0.1) is 71.7 Å². The van der Waals surface area contributed by atoms with Gasteiger partial charge in [0.1, 0.15) is 39.4 Å². The Morgan fingerprint density at radius 3 is 1.24 bits per heavy atom. The molecule has 0 amide bonds. The molecule has 0 aromatic heterocycles. The van der Waals surface area contributed by atoms with Gasteiger partial charge in [0.15, 0.2) is 21.5 Å². The molecule has 0 aliphatic carbocycles. The van der Waals surface area contributed by atoms with Crippen molar-refractivity contribution in [2.24, 2.45) is 0 Å². The molecular formula is C46H42F4O15S5. The molecule has 0 spiro atoms. The van der Waals surface area contributed by atoms with Crippen molar-refractivity contribution in [3.63, 3.8) is 0 Å². The average Bonchev–Trinajstić information content (AvgIpc) is 3.26. The standard InChI is InChI=1S/C46H42F4O15S5/c1-23-14-33(66(9,51)52)15-24(2)44(23)64-37-13-11-32(21-38(37)70(60,61)62-8)68(56,57)31-10-12-36(30(20-31)22-67(53,54)55)63-43-25(3)16-34(17-26(43)4)69(58,59)35-18-27(5)45(28(6)19-35)65-46-41(49)39(47)29(7)40(48)42(46)50/h10-21H,22H2,1-9H3,(H,53,54,55). The minimum atomic E-state index is -4.90. The van der Waals surface area contributed by atoms with Gasteiger partial charge in [0.05, 0.1) is 31.6 Å². The van der Waals surface area contributed by atoms with Crippen LogP contribution in [0.2, 0.25) is 0 Å². The minimum absolute atomic E-state index is 0.00898. The van der Waals surface area contributed by atoms with Crippen LogP contribution < -0.4 is 14.2 Å². The first-order chi connectivity index (χ1) is 32.2. The lowest BCUT2D eigenvalue weighted by Crippen LogP contribution is -2.10. The van der Waals surface area contributed by atoms with Crippen LogP contribution in [0.1, 0.15) is 44.5 Å². The number of rotatable bonds is 15. The van der Waals surface area contributed by atoms with Gasteiger partial charge in [0.2, 0.25) is 37.1 Å². The van der Waals surface area contributed by atoms with E-state index in [1.54, 1.807) is 0 Å². The molecule has 0 saturated carbocycles. The van der Waals surface area contributed by atoms with E-state index in [9.17, 15) is 64.2 Å². The second kappa shape index (κ2) is 19.0. The molecule has 0 unspecified atom stereocenters. The Balaban J connectivity index is 1.34. The van der Waals surface area contributed by atoms with E-state index in [2.05, 4.69) is 4.18 Å². The van der Waals surface area contributed by atoms with Gasteiger partial charge in [-0.05, 0) is 155 Å². The lowest BCUT2D eigenvalue weighted by Gasteiger charge is -2.18. The summed E-state index contributed by atoms with van der Waals surface area (Å²) in [6.07, 6.45) is 1.00. The maximum atomic E-state index is 14.7. The van der Waals surface area contributed by atoms with Gasteiger partial charge in [-0.3, -0.25) is 8.74 Å². The number of benzene rings is 6. The number of aryl methyl sites for hydroxylation is 6. The molecule has 1 N–H and O–H groups in total. The van der Waals surface area contributed by atoms with Crippen LogP contribution in [0.25, 0.3) is 0 Å². The molecule has 6 aromatic carbocycles. The number of halogens is 4. The zero-order chi connectivity index (χ0) is 52.4. The first kappa shape index (κ1) is 53.5. The molecule has 6 aromatic rings. The van der Waals surface area contributed by atoms with Crippen LogP contribution in [0.5, 0.6) is 34.5 Å². The summed E-state index contributed by atoms with van der Waals surface area (Å²) in [4.78, 5) is -2.56. The average molecular weight is 1070 g/mol. The van der Waals surface area contributed by atoms with Crippen molar-refractivity contribution >= 4 is 49.7 Å². The van der Waals surface area contributed by atoms with E-state index in [1.807, 2.05) is 0 Å². The highest BCUT2D eigenvalue weighted by atomic mass is 32.2. The Morgan fingerprint density at radius 1 is 0.457 bits per heavy atom. The molecule has 0 bridgehead atoms. The fraction of sp³-hybridized carbons (Fsp3) is 0.217. The Morgan fingerprint density at radius 2 is 0.829 bits per heavy atom. The van der Waals surface area contributed by atoms with Gasteiger partial charge in [0.25, 0.3) is 20.2 Å². The van der Waals surface area contributed by atoms with Crippen LogP contribution in [0.3, 0.4) is 0 Å². The third-order valence-electron chi connectivity index (χ3n) is 10.8. The van der Waals surface area contributed by atoms with Crippen molar-refractivity contribution in [2.45, 2.75) is 83.6 Å². The highest BCUT2D eigenvalue weighted by molar-refractivity contribution is 7.92. The number of hydrogen-bond donors (Lipinski definition) is 1. The molecule has 24 heteroatoms. The van der Waals surface area contributed by atoms with Crippen molar-refractivity contribution in [1.29, 1.82) is 0 Å². The minimum Gasteiger partial charge on any atom is -0.456 e. The highest BCUT2D eigenvalue weighted by Gasteiger charge is 2.30. The Hall–Kier alpha value is -5.89. The summed E-state index contributed by atoms with van der Waals surface area (Å²) in [5, 5.41) is 0. The molecule has 6 rings (SSSR count). The Kier molecular flexibility index (Phi) is 14.5. The monoisotopic (exact) mass is 1070 g/mol. The van der Waals surface area contributed by atoms with E-state index in [1.165, 1.54) is 65.8 Å². The normalized spacial score (nSPS) is 12.5. The zero-order valence-corrected chi connectivity index (χ0v) is 42.4. The summed E-state index contributed by atoms with van der Waals surface area (Å²) in [6.45, 7) is 9.46. The van der Waals surface area contributed by atoms with Crippen molar-refractivity contribution in [3.8, 4) is 34.5 Å². The third-order valence-corrected chi connectivity index (χ3v) is 17.3. The lowest BCUT2D eigenvalue weighted by atomic mass is 10.1.